The standard InChI is InChI=1S/C13H13ClN8O3S/c1-6(8-3-4-9(14)26-8)16-18-13(23)10-7(5-24-2)22(21-17-10)12-11(15)19-25-20-12/h3-4,16H,1,5H2,2H3,(H2,15,19)(H,18,23). The quantitative estimate of drug-likeness (QED) is 0.497. The van der Waals surface area contributed by atoms with Crippen LogP contribution in [0.1, 0.15) is 21.1 Å². The van der Waals surface area contributed by atoms with E-state index in [0.717, 1.165) is 4.88 Å². The molecule has 26 heavy (non-hydrogen) atoms. The largest absolute Gasteiger partial charge is 0.378 e. The highest BCUT2D eigenvalue weighted by atomic mass is 35.5. The number of hydrogen-bond donors (Lipinski definition) is 3. The summed E-state index contributed by atoms with van der Waals surface area (Å²) >= 11 is 7.20. The lowest BCUT2D eigenvalue weighted by Crippen LogP contribution is -2.36. The Hall–Kier alpha value is -2.96. The maximum Gasteiger partial charge on any atom is 0.292 e. The average molecular weight is 397 g/mol. The van der Waals surface area contributed by atoms with Crippen LogP contribution in [0.3, 0.4) is 0 Å². The van der Waals surface area contributed by atoms with Gasteiger partial charge in [-0.2, -0.15) is 4.68 Å². The van der Waals surface area contributed by atoms with Crippen molar-refractivity contribution in [3.05, 3.63) is 39.3 Å². The fourth-order valence-electron chi connectivity index (χ4n) is 1.98. The molecule has 0 saturated carbocycles. The smallest absolute Gasteiger partial charge is 0.292 e. The number of amides is 1. The molecule has 0 aliphatic rings. The van der Waals surface area contributed by atoms with E-state index in [1.54, 1.807) is 12.1 Å². The lowest BCUT2D eigenvalue weighted by Gasteiger charge is -2.09. The number of halogens is 1. The summed E-state index contributed by atoms with van der Waals surface area (Å²) in [5.41, 5.74) is 11.7. The Kier molecular flexibility index (Phi) is 5.16. The van der Waals surface area contributed by atoms with Crippen molar-refractivity contribution in [3.63, 3.8) is 0 Å². The Balaban J connectivity index is 1.78. The summed E-state index contributed by atoms with van der Waals surface area (Å²) in [6.07, 6.45) is 0. The highest BCUT2D eigenvalue weighted by Gasteiger charge is 2.23. The lowest BCUT2D eigenvalue weighted by atomic mass is 10.3. The Morgan fingerprint density at radius 1 is 1.46 bits per heavy atom. The molecule has 0 radical (unpaired) electrons. The Bertz CT molecular complexity index is 949. The number of nitrogen functional groups attached to an aromatic ring is 1. The zero-order chi connectivity index (χ0) is 18.7. The zero-order valence-electron chi connectivity index (χ0n) is 13.4. The number of hydrogen-bond acceptors (Lipinski definition) is 10. The topological polar surface area (TPSA) is 146 Å². The maximum atomic E-state index is 12.4. The maximum absolute atomic E-state index is 12.4. The van der Waals surface area contributed by atoms with E-state index in [2.05, 4.69) is 42.7 Å². The first-order chi connectivity index (χ1) is 12.5. The molecule has 3 rings (SSSR count). The minimum atomic E-state index is -0.554. The highest BCUT2D eigenvalue weighted by Crippen LogP contribution is 2.25. The monoisotopic (exact) mass is 396 g/mol. The SMILES string of the molecule is C=C(NNC(=O)c1nnn(-c2nonc2N)c1COC)c1ccc(Cl)s1. The van der Waals surface area contributed by atoms with Gasteiger partial charge in [-0.3, -0.25) is 15.6 Å². The van der Waals surface area contributed by atoms with Crippen LogP contribution in [0.4, 0.5) is 5.82 Å². The van der Waals surface area contributed by atoms with Crippen molar-refractivity contribution in [1.82, 2.24) is 36.2 Å². The van der Waals surface area contributed by atoms with E-state index in [1.807, 2.05) is 0 Å². The van der Waals surface area contributed by atoms with Crippen molar-refractivity contribution in [2.75, 3.05) is 12.8 Å². The van der Waals surface area contributed by atoms with Crippen LogP contribution >= 0.6 is 22.9 Å². The van der Waals surface area contributed by atoms with Crippen LogP contribution in [0.15, 0.2) is 23.3 Å². The Morgan fingerprint density at radius 2 is 2.27 bits per heavy atom. The number of nitrogens with zero attached hydrogens (tertiary/aromatic N) is 5. The van der Waals surface area contributed by atoms with Gasteiger partial charge in [-0.05, 0) is 22.4 Å². The molecule has 3 aromatic rings. The summed E-state index contributed by atoms with van der Waals surface area (Å²) in [5.74, 6) is -0.448. The van der Waals surface area contributed by atoms with Gasteiger partial charge in [0.25, 0.3) is 5.91 Å². The number of ether oxygens (including phenoxy) is 1. The summed E-state index contributed by atoms with van der Waals surface area (Å²) in [7, 11) is 1.46. The summed E-state index contributed by atoms with van der Waals surface area (Å²) in [6, 6.07) is 3.51. The van der Waals surface area contributed by atoms with E-state index < -0.39 is 5.91 Å². The molecule has 136 valence electrons. The fourth-order valence-corrected chi connectivity index (χ4v) is 2.95. The molecule has 13 heteroatoms. The molecule has 0 fully saturated rings. The molecule has 4 N–H and O–H groups in total. The van der Waals surface area contributed by atoms with E-state index in [-0.39, 0.29) is 23.9 Å². The molecule has 0 spiro atoms. The van der Waals surface area contributed by atoms with E-state index in [1.165, 1.54) is 23.1 Å². The minimum Gasteiger partial charge on any atom is -0.378 e. The van der Waals surface area contributed by atoms with Crippen LogP contribution in [-0.2, 0) is 11.3 Å². The van der Waals surface area contributed by atoms with Gasteiger partial charge in [0.15, 0.2) is 5.69 Å². The molecular weight excluding hydrogens is 384 g/mol. The zero-order valence-corrected chi connectivity index (χ0v) is 15.0. The number of methoxy groups -OCH3 is 1. The molecule has 0 aliphatic heterocycles. The molecular formula is C13H13ClN8O3S. The van der Waals surface area contributed by atoms with E-state index in [0.29, 0.717) is 15.7 Å². The van der Waals surface area contributed by atoms with Gasteiger partial charge in [0, 0.05) is 7.11 Å². The molecule has 1 amide bonds. The van der Waals surface area contributed by atoms with Crippen molar-refractivity contribution >= 4 is 40.4 Å². The third kappa shape index (κ3) is 3.51. The van der Waals surface area contributed by atoms with Gasteiger partial charge >= 0.3 is 0 Å². The van der Waals surface area contributed by atoms with Crippen LogP contribution in [0, 0.1) is 0 Å². The van der Waals surface area contributed by atoms with Crippen molar-refractivity contribution in [3.8, 4) is 5.82 Å². The fraction of sp³-hybridized carbons (Fsp3) is 0.154. The van der Waals surface area contributed by atoms with Gasteiger partial charge < -0.3 is 10.5 Å². The molecule has 0 bridgehead atoms. The van der Waals surface area contributed by atoms with Gasteiger partial charge in [-0.15, -0.1) is 16.4 Å². The number of nitrogens with one attached hydrogen (secondary N) is 2. The van der Waals surface area contributed by atoms with Crippen LogP contribution in [0.25, 0.3) is 11.5 Å². The van der Waals surface area contributed by atoms with Crippen molar-refractivity contribution < 1.29 is 14.2 Å². The van der Waals surface area contributed by atoms with Crippen LogP contribution in [0.5, 0.6) is 0 Å². The first-order valence-electron chi connectivity index (χ1n) is 7.04. The molecule has 11 nitrogen and oxygen atoms in total. The second-order valence-corrected chi connectivity index (χ2v) is 6.58. The lowest BCUT2D eigenvalue weighted by molar-refractivity contribution is 0.0932. The first-order valence-corrected chi connectivity index (χ1v) is 8.23. The van der Waals surface area contributed by atoms with Gasteiger partial charge in [-0.25, -0.2) is 4.63 Å². The third-order valence-corrected chi connectivity index (χ3v) is 4.44. The van der Waals surface area contributed by atoms with Crippen molar-refractivity contribution in [2.45, 2.75) is 6.61 Å². The predicted molar refractivity (Wildman–Crippen MR) is 93.3 cm³/mol. The van der Waals surface area contributed by atoms with Crippen LogP contribution in [-0.4, -0.2) is 38.3 Å². The molecule has 0 unspecified atom stereocenters. The van der Waals surface area contributed by atoms with Crippen molar-refractivity contribution in [1.29, 1.82) is 0 Å². The molecule has 0 atom stereocenters. The minimum absolute atomic E-state index is 0.000267. The summed E-state index contributed by atoms with van der Waals surface area (Å²) in [5, 5.41) is 14.8. The van der Waals surface area contributed by atoms with Gasteiger partial charge in [0.1, 0.15) is 5.69 Å². The molecule has 0 aliphatic carbocycles. The number of carbonyl (C=O) groups is 1. The molecule has 0 saturated heterocycles. The number of carbonyl (C=O) groups excluding carboxylic acids is 1. The van der Waals surface area contributed by atoms with Gasteiger partial charge in [0.05, 0.1) is 21.5 Å². The summed E-state index contributed by atoms with van der Waals surface area (Å²) in [4.78, 5) is 13.2. The van der Waals surface area contributed by atoms with E-state index in [9.17, 15) is 4.79 Å². The molecule has 3 aromatic heterocycles. The average Bonchev–Trinajstić information content (AvgIpc) is 3.33. The van der Waals surface area contributed by atoms with Crippen LogP contribution in [0.2, 0.25) is 4.34 Å². The van der Waals surface area contributed by atoms with Crippen LogP contribution < -0.4 is 16.6 Å². The van der Waals surface area contributed by atoms with E-state index >= 15 is 0 Å². The number of rotatable bonds is 7. The Morgan fingerprint density at radius 3 is 2.88 bits per heavy atom. The number of aromatic nitrogens is 5. The number of thiophene rings is 1. The number of anilines is 1. The van der Waals surface area contributed by atoms with Gasteiger partial charge in [0.2, 0.25) is 11.6 Å². The molecule has 3 heterocycles. The number of nitrogens with two attached hydrogens (primary N) is 1. The highest BCUT2D eigenvalue weighted by molar-refractivity contribution is 7.17. The third-order valence-electron chi connectivity index (χ3n) is 3.15. The summed E-state index contributed by atoms with van der Waals surface area (Å²) < 4.78 is 11.5. The Labute approximate surface area is 155 Å². The normalized spacial score (nSPS) is 10.7. The predicted octanol–water partition coefficient (Wildman–Crippen LogP) is 0.999. The van der Waals surface area contributed by atoms with Crippen molar-refractivity contribution in [2.24, 2.45) is 0 Å². The summed E-state index contributed by atoms with van der Waals surface area (Å²) in [6.45, 7) is 3.86. The van der Waals surface area contributed by atoms with E-state index in [4.69, 9.17) is 22.1 Å². The molecule has 0 aromatic carbocycles. The first kappa shape index (κ1) is 17.8. The van der Waals surface area contributed by atoms with Gasteiger partial charge in [-0.1, -0.05) is 23.4 Å². The number of hydrazine groups is 1. The second-order valence-electron chi connectivity index (χ2n) is 4.86. The second kappa shape index (κ2) is 7.51.